The molecule has 0 fully saturated rings. The van der Waals surface area contributed by atoms with E-state index in [1.807, 2.05) is 0 Å². The molecule has 2 nitrogen and oxygen atoms in total. The molecule has 3 heteroatoms. The minimum absolute atomic E-state index is 0.101. The summed E-state index contributed by atoms with van der Waals surface area (Å²) < 4.78 is 5.98. The van der Waals surface area contributed by atoms with Gasteiger partial charge in [-0.25, -0.2) is 0 Å². The SMILES string of the molecule is CC(C)(C)c1cc(-c2cc3c4ccccc4n(-c4ccccc4)c3c3ccccc23)c(Br)c(-c2cc3c4ccccc4n(-c4ccccc4)c3c3ccccc23)c1. The number of nitrogens with zero attached hydrogens (tertiary/aromatic N) is 2. The van der Waals surface area contributed by atoms with Gasteiger partial charge < -0.3 is 9.13 Å². The van der Waals surface area contributed by atoms with Gasteiger partial charge in [-0.2, -0.15) is 0 Å². The number of benzene rings is 9. The lowest BCUT2D eigenvalue weighted by atomic mass is 9.82. The van der Waals surface area contributed by atoms with Crippen molar-refractivity contribution in [2.45, 2.75) is 26.2 Å². The highest BCUT2D eigenvalue weighted by atomic mass is 79.9. The molecule has 0 aliphatic carbocycles. The Bertz CT molecular complexity index is 3160. The Morgan fingerprint density at radius 2 is 0.702 bits per heavy atom. The molecule has 0 aliphatic rings. The van der Waals surface area contributed by atoms with Crippen LogP contribution in [0, 0.1) is 0 Å². The summed E-state index contributed by atoms with van der Waals surface area (Å²) in [5.41, 5.74) is 13.2. The summed E-state index contributed by atoms with van der Waals surface area (Å²) in [5, 5.41) is 9.93. The van der Waals surface area contributed by atoms with Crippen LogP contribution < -0.4 is 0 Å². The second kappa shape index (κ2) is 12.8. The summed E-state index contributed by atoms with van der Waals surface area (Å²) in [6.45, 7) is 6.98. The van der Waals surface area contributed by atoms with Crippen LogP contribution in [-0.2, 0) is 5.41 Å². The molecule has 0 unspecified atom stereocenters. The highest BCUT2D eigenvalue weighted by Crippen LogP contribution is 2.49. The number of hydrogen-bond donors (Lipinski definition) is 0. The zero-order valence-electron chi connectivity index (χ0n) is 32.1. The molecule has 0 spiro atoms. The molecule has 0 atom stereocenters. The van der Waals surface area contributed by atoms with E-state index in [0.29, 0.717) is 0 Å². The molecule has 0 radical (unpaired) electrons. The van der Waals surface area contributed by atoms with Gasteiger partial charge in [0, 0.05) is 48.2 Å². The van der Waals surface area contributed by atoms with E-state index in [1.54, 1.807) is 0 Å². The number of aromatic nitrogens is 2. The summed E-state index contributed by atoms with van der Waals surface area (Å²) in [6.07, 6.45) is 0. The second-order valence-corrected chi connectivity index (χ2v) is 17.0. The molecule has 0 N–H and O–H groups in total. The molecule has 0 saturated carbocycles. The topological polar surface area (TPSA) is 9.86 Å². The summed E-state index contributed by atoms with van der Waals surface area (Å²) in [5.74, 6) is 0. The van der Waals surface area contributed by atoms with E-state index in [-0.39, 0.29) is 5.41 Å². The fraction of sp³-hybridized carbons (Fsp3) is 0.0741. The van der Waals surface area contributed by atoms with E-state index < -0.39 is 0 Å². The first-order valence-corrected chi connectivity index (χ1v) is 20.5. The fourth-order valence-corrected chi connectivity index (χ4v) is 9.89. The van der Waals surface area contributed by atoms with Crippen LogP contribution in [0.25, 0.3) is 98.8 Å². The van der Waals surface area contributed by atoms with Gasteiger partial charge in [-0.15, -0.1) is 0 Å². The minimum Gasteiger partial charge on any atom is -0.309 e. The quantitative estimate of drug-likeness (QED) is 0.168. The van der Waals surface area contributed by atoms with E-state index in [0.717, 1.165) is 15.8 Å². The Balaban J connectivity index is 1.26. The maximum absolute atomic E-state index is 4.33. The van der Waals surface area contributed by atoms with Crippen LogP contribution in [0.15, 0.2) is 186 Å². The minimum atomic E-state index is -0.101. The lowest BCUT2D eigenvalue weighted by Gasteiger charge is -2.24. The summed E-state index contributed by atoms with van der Waals surface area (Å²) in [7, 11) is 0. The van der Waals surface area contributed by atoms with Crippen LogP contribution in [0.2, 0.25) is 0 Å². The van der Waals surface area contributed by atoms with Crippen LogP contribution in [0.4, 0.5) is 0 Å². The zero-order chi connectivity index (χ0) is 38.4. The predicted octanol–water partition coefficient (Wildman–Crippen LogP) is 15.6. The van der Waals surface area contributed by atoms with Crippen molar-refractivity contribution in [3.8, 4) is 33.6 Å². The fourth-order valence-electron chi connectivity index (χ4n) is 9.23. The van der Waals surface area contributed by atoms with Crippen LogP contribution in [0.5, 0.6) is 0 Å². The average molecular weight is 796 g/mol. The highest BCUT2D eigenvalue weighted by Gasteiger charge is 2.25. The zero-order valence-corrected chi connectivity index (χ0v) is 33.7. The third kappa shape index (κ3) is 5.15. The van der Waals surface area contributed by atoms with Gasteiger partial charge in [0.1, 0.15) is 0 Å². The lowest BCUT2D eigenvalue weighted by molar-refractivity contribution is 0.590. The monoisotopic (exact) mass is 794 g/mol. The van der Waals surface area contributed by atoms with Gasteiger partial charge in [-0.05, 0) is 121 Å². The molecule has 0 bridgehead atoms. The first-order chi connectivity index (χ1) is 27.9. The van der Waals surface area contributed by atoms with Gasteiger partial charge in [-0.3, -0.25) is 0 Å². The van der Waals surface area contributed by atoms with Crippen molar-refractivity contribution in [1.82, 2.24) is 9.13 Å². The Morgan fingerprint density at radius 3 is 1.11 bits per heavy atom. The lowest BCUT2D eigenvalue weighted by Crippen LogP contribution is -2.11. The first kappa shape index (κ1) is 33.9. The first-order valence-electron chi connectivity index (χ1n) is 19.7. The molecule has 11 aromatic rings. The molecule has 0 amide bonds. The van der Waals surface area contributed by atoms with E-state index in [4.69, 9.17) is 0 Å². The molecule has 11 rings (SSSR count). The summed E-state index contributed by atoms with van der Waals surface area (Å²) in [6, 6.07) is 66.9. The van der Waals surface area contributed by atoms with Crippen molar-refractivity contribution >= 4 is 81.1 Å². The third-order valence-electron chi connectivity index (χ3n) is 11.9. The highest BCUT2D eigenvalue weighted by molar-refractivity contribution is 9.10. The van der Waals surface area contributed by atoms with Crippen molar-refractivity contribution in [3.63, 3.8) is 0 Å². The standard InChI is InChI=1S/C54H39BrN2/c1-54(2,3)34-30-45(43-32-47-39-24-14-16-28-49(39)56(35-18-6-4-7-19-35)52(47)41-26-12-10-22-37(41)43)51(55)46(31-34)44-33-48-40-25-15-17-29-50(40)57(36-20-8-5-9-21-36)53(48)42-27-13-11-23-38(42)44/h4-33H,1-3H3. The van der Waals surface area contributed by atoms with Gasteiger partial charge in [0.25, 0.3) is 0 Å². The number of hydrogen-bond acceptors (Lipinski definition) is 0. The van der Waals surface area contributed by atoms with Gasteiger partial charge in [0.05, 0.1) is 22.1 Å². The van der Waals surface area contributed by atoms with Crippen molar-refractivity contribution < 1.29 is 0 Å². The largest absolute Gasteiger partial charge is 0.309 e. The molecular formula is C54H39BrN2. The molecule has 272 valence electrons. The normalized spacial score (nSPS) is 12.2. The van der Waals surface area contributed by atoms with Gasteiger partial charge in [0.15, 0.2) is 0 Å². The molecule has 2 aromatic heterocycles. The molecule has 57 heavy (non-hydrogen) atoms. The van der Waals surface area contributed by atoms with E-state index >= 15 is 0 Å². The Hall–Kier alpha value is -6.42. The smallest absolute Gasteiger partial charge is 0.0619 e. The maximum atomic E-state index is 4.33. The Morgan fingerprint density at radius 1 is 0.351 bits per heavy atom. The van der Waals surface area contributed by atoms with Crippen LogP contribution in [-0.4, -0.2) is 9.13 Å². The van der Waals surface area contributed by atoms with E-state index in [1.165, 1.54) is 93.0 Å². The molecule has 9 aromatic carbocycles. The number of fused-ring (bicyclic) bond motifs is 10. The third-order valence-corrected chi connectivity index (χ3v) is 12.8. The molecule has 0 saturated heterocycles. The van der Waals surface area contributed by atoms with E-state index in [2.05, 4.69) is 228 Å². The predicted molar refractivity (Wildman–Crippen MR) is 247 cm³/mol. The van der Waals surface area contributed by atoms with E-state index in [9.17, 15) is 0 Å². The second-order valence-electron chi connectivity index (χ2n) is 16.2. The van der Waals surface area contributed by atoms with Crippen molar-refractivity contribution in [3.05, 3.63) is 192 Å². The number of halogens is 1. The van der Waals surface area contributed by atoms with Crippen LogP contribution >= 0.6 is 15.9 Å². The maximum Gasteiger partial charge on any atom is 0.0619 e. The molecular weight excluding hydrogens is 757 g/mol. The summed E-state index contributed by atoms with van der Waals surface area (Å²) in [4.78, 5) is 0. The van der Waals surface area contributed by atoms with Crippen molar-refractivity contribution in [2.75, 3.05) is 0 Å². The van der Waals surface area contributed by atoms with Gasteiger partial charge in [0.2, 0.25) is 0 Å². The van der Waals surface area contributed by atoms with Crippen LogP contribution in [0.1, 0.15) is 26.3 Å². The number of rotatable bonds is 4. The number of para-hydroxylation sites is 4. The van der Waals surface area contributed by atoms with Crippen molar-refractivity contribution in [2.24, 2.45) is 0 Å². The summed E-state index contributed by atoms with van der Waals surface area (Å²) >= 11 is 4.33. The molecule has 2 heterocycles. The van der Waals surface area contributed by atoms with Crippen molar-refractivity contribution in [1.29, 1.82) is 0 Å². The molecule has 0 aliphatic heterocycles. The van der Waals surface area contributed by atoms with Gasteiger partial charge >= 0.3 is 0 Å². The average Bonchev–Trinajstić information content (AvgIpc) is 3.77. The Labute approximate surface area is 340 Å². The Kier molecular flexibility index (Phi) is 7.61. The van der Waals surface area contributed by atoms with Crippen LogP contribution in [0.3, 0.4) is 0 Å². The van der Waals surface area contributed by atoms with Gasteiger partial charge in [-0.1, -0.05) is 142 Å².